The summed E-state index contributed by atoms with van der Waals surface area (Å²) in [6, 6.07) is 9.29. The molecule has 0 heterocycles. The average molecular weight is 306 g/mol. The Morgan fingerprint density at radius 2 is 2.00 bits per heavy atom. The van der Waals surface area contributed by atoms with Crippen LogP contribution in [0, 0.1) is 17.0 Å². The van der Waals surface area contributed by atoms with Crippen LogP contribution >= 0.6 is 11.6 Å². The summed E-state index contributed by atoms with van der Waals surface area (Å²) in [5, 5.41) is 13.4. The maximum absolute atomic E-state index is 12.1. The maximum atomic E-state index is 12.1. The Balaban J connectivity index is 2.32. The molecule has 0 bridgehead atoms. The number of aryl methyl sites for hydroxylation is 1. The summed E-state index contributed by atoms with van der Waals surface area (Å²) in [7, 11) is 0. The van der Waals surface area contributed by atoms with Crippen molar-refractivity contribution in [3.63, 3.8) is 0 Å². The molecule has 0 saturated carbocycles. The van der Waals surface area contributed by atoms with E-state index in [1.165, 1.54) is 12.1 Å². The van der Waals surface area contributed by atoms with Crippen LogP contribution in [-0.2, 0) is 0 Å². The zero-order valence-corrected chi connectivity index (χ0v) is 11.8. The number of carbonyl (C=O) groups excluding carboxylic acids is 1. The average Bonchev–Trinajstić information content (AvgIpc) is 2.42. The van der Waals surface area contributed by atoms with E-state index in [4.69, 9.17) is 17.3 Å². The second-order valence-corrected chi connectivity index (χ2v) is 4.82. The van der Waals surface area contributed by atoms with Gasteiger partial charge in [-0.25, -0.2) is 0 Å². The van der Waals surface area contributed by atoms with Gasteiger partial charge < -0.3 is 11.1 Å². The van der Waals surface area contributed by atoms with Crippen LogP contribution < -0.4 is 11.1 Å². The molecule has 2 aromatic carbocycles. The topological polar surface area (TPSA) is 98.3 Å². The number of nitro groups is 1. The van der Waals surface area contributed by atoms with E-state index in [-0.39, 0.29) is 10.7 Å². The molecule has 0 aromatic heterocycles. The van der Waals surface area contributed by atoms with Crippen molar-refractivity contribution in [2.24, 2.45) is 0 Å². The lowest BCUT2D eigenvalue weighted by atomic mass is 10.1. The monoisotopic (exact) mass is 305 g/mol. The van der Waals surface area contributed by atoms with Crippen LogP contribution in [0.15, 0.2) is 36.4 Å². The first kappa shape index (κ1) is 14.8. The van der Waals surface area contributed by atoms with Gasteiger partial charge in [0.05, 0.1) is 10.5 Å². The standard InChI is InChI=1S/C14H12ClN3O3/c1-8-6-13(18(20)21)10(15)7-12(8)17-14(19)9-4-2-3-5-11(9)16/h2-7H,16H2,1H3,(H,17,19). The van der Waals surface area contributed by atoms with Crippen molar-refractivity contribution in [3.05, 3.63) is 62.7 Å². The summed E-state index contributed by atoms with van der Waals surface area (Å²) in [5.74, 6) is -0.402. The molecule has 0 saturated heterocycles. The Morgan fingerprint density at radius 3 is 2.62 bits per heavy atom. The lowest BCUT2D eigenvalue weighted by molar-refractivity contribution is -0.384. The van der Waals surface area contributed by atoms with Crippen molar-refractivity contribution in [1.82, 2.24) is 0 Å². The smallest absolute Gasteiger partial charge is 0.288 e. The number of halogens is 1. The fourth-order valence-corrected chi connectivity index (χ4v) is 2.07. The number of hydrogen-bond acceptors (Lipinski definition) is 4. The molecule has 2 aromatic rings. The van der Waals surface area contributed by atoms with E-state index in [1.807, 2.05) is 0 Å². The Hall–Kier alpha value is -2.60. The number of nitrogens with two attached hydrogens (primary N) is 1. The van der Waals surface area contributed by atoms with Crippen LogP contribution in [0.4, 0.5) is 17.1 Å². The van der Waals surface area contributed by atoms with E-state index >= 15 is 0 Å². The summed E-state index contributed by atoms with van der Waals surface area (Å²) in [6.07, 6.45) is 0. The van der Waals surface area contributed by atoms with Crippen LogP contribution in [0.2, 0.25) is 5.02 Å². The van der Waals surface area contributed by atoms with Crippen LogP contribution in [0.5, 0.6) is 0 Å². The number of nitrogen functional groups attached to an aromatic ring is 1. The third kappa shape index (κ3) is 3.11. The predicted molar refractivity (Wildman–Crippen MR) is 81.7 cm³/mol. The van der Waals surface area contributed by atoms with Gasteiger partial charge in [-0.05, 0) is 30.7 Å². The number of carbonyl (C=O) groups is 1. The first-order valence-corrected chi connectivity index (χ1v) is 6.38. The molecule has 0 radical (unpaired) electrons. The molecule has 2 rings (SSSR count). The van der Waals surface area contributed by atoms with Crippen molar-refractivity contribution in [2.45, 2.75) is 6.92 Å². The van der Waals surface area contributed by atoms with Crippen molar-refractivity contribution >= 4 is 34.6 Å². The van der Waals surface area contributed by atoms with Gasteiger partial charge in [-0.3, -0.25) is 14.9 Å². The van der Waals surface area contributed by atoms with Gasteiger partial charge in [-0.1, -0.05) is 23.7 Å². The Labute approximate surface area is 125 Å². The quantitative estimate of drug-likeness (QED) is 0.516. The minimum absolute atomic E-state index is 0.0399. The van der Waals surface area contributed by atoms with E-state index in [0.717, 1.165) is 0 Å². The molecule has 1 amide bonds. The van der Waals surface area contributed by atoms with Gasteiger partial charge in [0.2, 0.25) is 0 Å². The fourth-order valence-electron chi connectivity index (χ4n) is 1.83. The molecule has 0 fully saturated rings. The van der Waals surface area contributed by atoms with Crippen molar-refractivity contribution in [1.29, 1.82) is 0 Å². The van der Waals surface area contributed by atoms with Crippen molar-refractivity contribution in [3.8, 4) is 0 Å². The summed E-state index contributed by atoms with van der Waals surface area (Å²) in [6.45, 7) is 1.65. The lowest BCUT2D eigenvalue weighted by Gasteiger charge is -2.10. The minimum atomic E-state index is -0.573. The van der Waals surface area contributed by atoms with Gasteiger partial charge in [0.25, 0.3) is 11.6 Å². The van der Waals surface area contributed by atoms with Crippen LogP contribution in [0.25, 0.3) is 0 Å². The number of nitrogens with one attached hydrogen (secondary N) is 1. The highest BCUT2D eigenvalue weighted by atomic mass is 35.5. The lowest BCUT2D eigenvalue weighted by Crippen LogP contribution is -2.14. The second kappa shape index (κ2) is 5.80. The highest BCUT2D eigenvalue weighted by Crippen LogP contribution is 2.30. The maximum Gasteiger partial charge on any atom is 0.288 e. The number of hydrogen-bond donors (Lipinski definition) is 2. The van der Waals surface area contributed by atoms with Crippen molar-refractivity contribution < 1.29 is 9.72 Å². The van der Waals surface area contributed by atoms with Gasteiger partial charge in [0.1, 0.15) is 5.02 Å². The summed E-state index contributed by atoms with van der Waals surface area (Å²) >= 11 is 5.84. The molecule has 0 aliphatic rings. The third-order valence-electron chi connectivity index (χ3n) is 2.94. The van der Waals surface area contributed by atoms with E-state index < -0.39 is 10.8 Å². The molecule has 6 nitrogen and oxygen atoms in total. The van der Waals surface area contributed by atoms with Gasteiger partial charge in [0, 0.05) is 17.4 Å². The Bertz CT molecular complexity index is 731. The predicted octanol–water partition coefficient (Wildman–Crippen LogP) is 3.39. The number of amides is 1. The number of benzene rings is 2. The Morgan fingerprint density at radius 1 is 1.33 bits per heavy atom. The first-order chi connectivity index (χ1) is 9.90. The highest BCUT2D eigenvalue weighted by molar-refractivity contribution is 6.33. The molecule has 7 heteroatoms. The number of nitrogens with zero attached hydrogens (tertiary/aromatic N) is 1. The largest absolute Gasteiger partial charge is 0.398 e. The van der Waals surface area contributed by atoms with E-state index in [9.17, 15) is 14.9 Å². The third-order valence-corrected chi connectivity index (χ3v) is 3.25. The van der Waals surface area contributed by atoms with E-state index in [2.05, 4.69) is 5.32 Å². The van der Waals surface area contributed by atoms with Gasteiger partial charge in [-0.15, -0.1) is 0 Å². The SMILES string of the molecule is Cc1cc([N+](=O)[O-])c(Cl)cc1NC(=O)c1ccccc1N. The van der Waals surface area contributed by atoms with Gasteiger partial charge >= 0.3 is 0 Å². The molecular formula is C14H12ClN3O3. The molecule has 0 aliphatic carbocycles. The molecule has 0 aliphatic heterocycles. The zero-order chi connectivity index (χ0) is 15.6. The zero-order valence-electron chi connectivity index (χ0n) is 11.1. The number of rotatable bonds is 3. The normalized spacial score (nSPS) is 10.2. The summed E-state index contributed by atoms with van der Waals surface area (Å²) in [5.41, 5.74) is 7.14. The minimum Gasteiger partial charge on any atom is -0.398 e. The first-order valence-electron chi connectivity index (χ1n) is 6.00. The molecule has 21 heavy (non-hydrogen) atoms. The fraction of sp³-hybridized carbons (Fsp3) is 0.0714. The van der Waals surface area contributed by atoms with Crippen molar-refractivity contribution in [2.75, 3.05) is 11.1 Å². The summed E-state index contributed by atoms with van der Waals surface area (Å²) < 4.78 is 0. The molecule has 3 N–H and O–H groups in total. The second-order valence-electron chi connectivity index (χ2n) is 4.42. The van der Waals surface area contributed by atoms with Gasteiger partial charge in [-0.2, -0.15) is 0 Å². The number of para-hydroxylation sites is 1. The molecular weight excluding hydrogens is 294 g/mol. The number of anilines is 2. The summed E-state index contributed by atoms with van der Waals surface area (Å²) in [4.78, 5) is 22.4. The van der Waals surface area contributed by atoms with Crippen LogP contribution in [0.3, 0.4) is 0 Å². The number of nitro benzene ring substituents is 1. The molecule has 0 spiro atoms. The van der Waals surface area contributed by atoms with E-state index in [1.54, 1.807) is 31.2 Å². The van der Waals surface area contributed by atoms with Crippen LogP contribution in [-0.4, -0.2) is 10.8 Å². The van der Waals surface area contributed by atoms with E-state index in [0.29, 0.717) is 22.5 Å². The van der Waals surface area contributed by atoms with Gasteiger partial charge in [0.15, 0.2) is 0 Å². The van der Waals surface area contributed by atoms with Crippen LogP contribution in [0.1, 0.15) is 15.9 Å². The highest BCUT2D eigenvalue weighted by Gasteiger charge is 2.17. The Kier molecular flexibility index (Phi) is 4.09. The molecule has 108 valence electrons. The molecule has 0 atom stereocenters. The molecule has 0 unspecified atom stereocenters.